The average molecular weight is 335 g/mol. The first-order valence-corrected chi connectivity index (χ1v) is 12.9. The lowest BCUT2D eigenvalue weighted by molar-refractivity contribution is 0.105. The topological polar surface area (TPSA) is 46.2 Å². The van der Waals surface area contributed by atoms with Gasteiger partial charge in [-0.1, -0.05) is 13.8 Å². The summed E-state index contributed by atoms with van der Waals surface area (Å²) < 4.78 is 28.4. The normalized spacial score (nSPS) is 13.9. The van der Waals surface area contributed by atoms with E-state index in [0.717, 1.165) is 12.8 Å². The van der Waals surface area contributed by atoms with Gasteiger partial charge in [0.1, 0.15) is 0 Å². The second-order valence-corrected chi connectivity index (χ2v) is 12.2. The third-order valence-corrected chi connectivity index (χ3v) is 7.65. The molecule has 0 aliphatic rings. The molecular formula is C14H30O5Si2. The van der Waals surface area contributed by atoms with Crippen LogP contribution in [-0.4, -0.2) is 31.3 Å². The highest BCUT2D eigenvalue weighted by molar-refractivity contribution is 6.78. The van der Waals surface area contributed by atoms with Gasteiger partial charge in [0.2, 0.25) is 0 Å². The smallest absolute Gasteiger partial charge is 0.387 e. The predicted molar refractivity (Wildman–Crippen MR) is 89.0 cm³/mol. The van der Waals surface area contributed by atoms with Gasteiger partial charge in [-0.2, -0.15) is 0 Å². The summed E-state index contributed by atoms with van der Waals surface area (Å²) >= 11 is 0. The molecule has 0 fully saturated rings. The van der Waals surface area contributed by atoms with Crippen molar-refractivity contribution in [3.63, 3.8) is 0 Å². The van der Waals surface area contributed by atoms with Crippen LogP contribution in [0.3, 0.4) is 0 Å². The highest BCUT2D eigenvalue weighted by Gasteiger charge is 2.40. The van der Waals surface area contributed by atoms with Gasteiger partial charge in [-0.15, -0.1) is 0 Å². The number of allylic oxidation sites excluding steroid dienone is 2. The molecule has 0 saturated heterocycles. The number of hydrogen-bond donors (Lipinski definition) is 0. The molecule has 0 spiro atoms. The molecule has 21 heavy (non-hydrogen) atoms. The molecule has 7 heteroatoms. The maximum absolute atomic E-state index is 6.17. The van der Waals surface area contributed by atoms with Crippen LogP contribution in [-0.2, 0) is 22.4 Å². The summed E-state index contributed by atoms with van der Waals surface area (Å²) in [5.41, 5.74) is 0. The van der Waals surface area contributed by atoms with Crippen LogP contribution in [0.15, 0.2) is 24.0 Å². The zero-order valence-electron chi connectivity index (χ0n) is 14.6. The summed E-state index contributed by atoms with van der Waals surface area (Å²) in [5, 5.41) is 0. The minimum absolute atomic E-state index is 0.509. The molecule has 0 aromatic rings. The molecule has 0 aromatic heterocycles. The zero-order chi connectivity index (χ0) is 16.5. The molecule has 0 saturated carbocycles. The van der Waals surface area contributed by atoms with Gasteiger partial charge < -0.3 is 22.4 Å². The second kappa shape index (κ2) is 9.16. The van der Waals surface area contributed by atoms with Crippen LogP contribution >= 0.6 is 0 Å². The molecular weight excluding hydrogens is 304 g/mol. The zero-order valence-corrected chi connectivity index (χ0v) is 16.6. The summed E-state index contributed by atoms with van der Waals surface area (Å²) in [6, 6.07) is 0. The minimum Gasteiger partial charge on any atom is -0.495 e. The van der Waals surface area contributed by atoms with Crippen molar-refractivity contribution in [2.75, 3.05) is 14.2 Å². The van der Waals surface area contributed by atoms with Crippen molar-refractivity contribution in [2.24, 2.45) is 0 Å². The van der Waals surface area contributed by atoms with Crippen molar-refractivity contribution < 1.29 is 22.4 Å². The Morgan fingerprint density at radius 1 is 0.762 bits per heavy atom. The molecule has 0 amide bonds. The lowest BCUT2D eigenvalue weighted by Gasteiger charge is -2.33. The Balaban J connectivity index is 4.81. The Hall–Kier alpha value is -0.926. The minimum atomic E-state index is -2.40. The number of rotatable bonds is 10. The van der Waals surface area contributed by atoms with Crippen LogP contribution < -0.4 is 0 Å². The van der Waals surface area contributed by atoms with Crippen LogP contribution in [0.5, 0.6) is 0 Å². The molecule has 0 aromatic carbocycles. The fourth-order valence-electron chi connectivity index (χ4n) is 1.78. The molecule has 0 radical (unpaired) electrons. The van der Waals surface area contributed by atoms with E-state index in [0.29, 0.717) is 11.9 Å². The highest BCUT2D eigenvalue weighted by Crippen LogP contribution is 2.22. The maximum Gasteiger partial charge on any atom is 0.387 e. The van der Waals surface area contributed by atoms with Gasteiger partial charge in [0.05, 0.1) is 14.2 Å². The van der Waals surface area contributed by atoms with Crippen LogP contribution in [0, 0.1) is 0 Å². The Morgan fingerprint density at radius 3 is 1.33 bits per heavy atom. The fraction of sp³-hybridized carbons (Fsp3) is 0.714. The lowest BCUT2D eigenvalue weighted by atomic mass is 10.5. The van der Waals surface area contributed by atoms with Crippen molar-refractivity contribution in [3.8, 4) is 0 Å². The van der Waals surface area contributed by atoms with E-state index in [-0.39, 0.29) is 0 Å². The monoisotopic (exact) mass is 334 g/mol. The first kappa shape index (κ1) is 20.1. The molecule has 0 atom stereocenters. The van der Waals surface area contributed by atoms with Crippen LogP contribution in [0.1, 0.15) is 26.7 Å². The molecule has 0 rings (SSSR count). The highest BCUT2D eigenvalue weighted by atomic mass is 28.5. The summed E-state index contributed by atoms with van der Waals surface area (Å²) in [7, 11) is -1.61. The van der Waals surface area contributed by atoms with Crippen LogP contribution in [0.25, 0.3) is 0 Å². The lowest BCUT2D eigenvalue weighted by Crippen LogP contribution is -2.48. The van der Waals surface area contributed by atoms with E-state index in [9.17, 15) is 0 Å². The van der Waals surface area contributed by atoms with Gasteiger partial charge >= 0.3 is 17.1 Å². The molecule has 0 aliphatic heterocycles. The van der Waals surface area contributed by atoms with Gasteiger partial charge in [0.25, 0.3) is 11.9 Å². The maximum atomic E-state index is 6.17. The standard InChI is InChI=1S/C14H30O5Si2/c1-9-11-13(15-3)17-20(5,6)19-21(7,8)18-14(16-4)12-10-2/h11-12H,9-10H2,1-8H3/b13-11+,14-12+. The molecule has 124 valence electrons. The summed E-state index contributed by atoms with van der Waals surface area (Å²) in [6.45, 7) is 12.0. The van der Waals surface area contributed by atoms with Crippen molar-refractivity contribution >= 4 is 17.1 Å². The molecule has 0 bridgehead atoms. The largest absolute Gasteiger partial charge is 0.495 e. The number of ether oxygens (including phenoxy) is 2. The van der Waals surface area contributed by atoms with Crippen LogP contribution in [0.4, 0.5) is 0 Å². The fourth-order valence-corrected chi connectivity index (χ4v) is 8.16. The van der Waals surface area contributed by atoms with E-state index >= 15 is 0 Å². The molecule has 0 unspecified atom stereocenters. The first-order chi connectivity index (χ1) is 9.69. The van der Waals surface area contributed by atoms with Crippen molar-refractivity contribution in [1.82, 2.24) is 0 Å². The molecule has 0 N–H and O–H groups in total. The molecule has 0 aliphatic carbocycles. The van der Waals surface area contributed by atoms with E-state index in [1.165, 1.54) is 0 Å². The van der Waals surface area contributed by atoms with Gasteiger partial charge in [-0.25, -0.2) is 0 Å². The van der Waals surface area contributed by atoms with Gasteiger partial charge in [-0.3, -0.25) is 0 Å². The third-order valence-electron chi connectivity index (χ3n) is 2.33. The van der Waals surface area contributed by atoms with Gasteiger partial charge in [0.15, 0.2) is 0 Å². The van der Waals surface area contributed by atoms with E-state index < -0.39 is 17.1 Å². The summed E-state index contributed by atoms with van der Waals surface area (Å²) in [6.07, 6.45) is 5.48. The Bertz CT molecular complexity index is 330. The SMILES string of the molecule is CC/C=C(\OC)O[Si](C)(C)O[Si](C)(C)O/C(=C/CC)OC. The quantitative estimate of drug-likeness (QED) is 0.442. The average Bonchev–Trinajstić information content (AvgIpc) is 2.35. The Morgan fingerprint density at radius 2 is 1.10 bits per heavy atom. The van der Waals surface area contributed by atoms with Gasteiger partial charge in [-0.05, 0) is 51.2 Å². The van der Waals surface area contributed by atoms with Crippen molar-refractivity contribution in [3.05, 3.63) is 24.0 Å². The first-order valence-electron chi connectivity index (χ1n) is 7.26. The van der Waals surface area contributed by atoms with Crippen molar-refractivity contribution in [2.45, 2.75) is 52.9 Å². The van der Waals surface area contributed by atoms with Crippen molar-refractivity contribution in [1.29, 1.82) is 0 Å². The van der Waals surface area contributed by atoms with E-state index in [4.69, 9.17) is 22.4 Å². The van der Waals surface area contributed by atoms with E-state index in [2.05, 4.69) is 0 Å². The predicted octanol–water partition coefficient (Wildman–Crippen LogP) is 4.24. The number of hydrogen-bond acceptors (Lipinski definition) is 5. The van der Waals surface area contributed by atoms with E-state index in [1.54, 1.807) is 14.2 Å². The van der Waals surface area contributed by atoms with Gasteiger partial charge in [0, 0.05) is 0 Å². The summed E-state index contributed by atoms with van der Waals surface area (Å²) in [5.74, 6) is 1.02. The number of methoxy groups -OCH3 is 2. The summed E-state index contributed by atoms with van der Waals surface area (Å²) in [4.78, 5) is 0. The van der Waals surface area contributed by atoms with E-state index in [1.807, 2.05) is 52.2 Å². The second-order valence-electron chi connectivity index (χ2n) is 5.38. The molecule has 0 heterocycles. The van der Waals surface area contributed by atoms with Crippen LogP contribution in [0.2, 0.25) is 26.2 Å². The Labute approximate surface area is 131 Å². The third kappa shape index (κ3) is 8.84. The molecule has 5 nitrogen and oxygen atoms in total. The Kier molecular flexibility index (Phi) is 8.76.